The summed E-state index contributed by atoms with van der Waals surface area (Å²) in [4.78, 5) is 0. The standard InChI is InChI=1S/C13H14FN3O/c1-2-15-9-11-5-8-13(17-16-11)18-12-6-3-10(14)4-7-12/h3-8,15H,2,9H2,1H3. The van der Waals surface area contributed by atoms with Gasteiger partial charge >= 0.3 is 0 Å². The maximum absolute atomic E-state index is 12.7. The molecule has 0 aliphatic carbocycles. The van der Waals surface area contributed by atoms with E-state index in [1.807, 2.05) is 13.0 Å². The normalized spacial score (nSPS) is 10.3. The molecule has 0 saturated carbocycles. The zero-order valence-corrected chi connectivity index (χ0v) is 10.1. The molecule has 0 spiro atoms. The number of ether oxygens (including phenoxy) is 1. The number of rotatable bonds is 5. The molecule has 2 rings (SSSR count). The lowest BCUT2D eigenvalue weighted by Gasteiger charge is -2.05. The Morgan fingerprint density at radius 2 is 1.89 bits per heavy atom. The Labute approximate surface area is 105 Å². The van der Waals surface area contributed by atoms with E-state index in [-0.39, 0.29) is 5.82 Å². The van der Waals surface area contributed by atoms with Crippen molar-refractivity contribution in [1.82, 2.24) is 15.5 Å². The summed E-state index contributed by atoms with van der Waals surface area (Å²) < 4.78 is 18.1. The van der Waals surface area contributed by atoms with Gasteiger partial charge in [0.15, 0.2) is 0 Å². The van der Waals surface area contributed by atoms with Crippen LogP contribution in [0.1, 0.15) is 12.6 Å². The van der Waals surface area contributed by atoms with Gasteiger partial charge in [-0.05, 0) is 36.9 Å². The SMILES string of the molecule is CCNCc1ccc(Oc2ccc(F)cc2)nn1. The predicted octanol–water partition coefficient (Wildman–Crippen LogP) is 2.52. The molecule has 94 valence electrons. The monoisotopic (exact) mass is 247 g/mol. The molecule has 2 aromatic rings. The van der Waals surface area contributed by atoms with Gasteiger partial charge in [0.2, 0.25) is 5.88 Å². The molecule has 1 heterocycles. The van der Waals surface area contributed by atoms with Gasteiger partial charge in [-0.1, -0.05) is 6.92 Å². The third-order valence-electron chi connectivity index (χ3n) is 2.29. The highest BCUT2D eigenvalue weighted by atomic mass is 19.1. The predicted molar refractivity (Wildman–Crippen MR) is 65.9 cm³/mol. The van der Waals surface area contributed by atoms with Gasteiger partial charge in [0.1, 0.15) is 11.6 Å². The van der Waals surface area contributed by atoms with E-state index in [4.69, 9.17) is 4.74 Å². The van der Waals surface area contributed by atoms with Crippen molar-refractivity contribution in [2.24, 2.45) is 0 Å². The van der Waals surface area contributed by atoms with Crippen LogP contribution in [0.5, 0.6) is 11.6 Å². The van der Waals surface area contributed by atoms with Crippen molar-refractivity contribution in [1.29, 1.82) is 0 Å². The van der Waals surface area contributed by atoms with Crippen LogP contribution in [0.25, 0.3) is 0 Å². The van der Waals surface area contributed by atoms with E-state index in [0.29, 0.717) is 18.2 Å². The van der Waals surface area contributed by atoms with Crippen LogP contribution < -0.4 is 10.1 Å². The maximum Gasteiger partial charge on any atom is 0.238 e. The molecule has 0 radical (unpaired) electrons. The Hall–Kier alpha value is -2.01. The number of aromatic nitrogens is 2. The van der Waals surface area contributed by atoms with Crippen LogP contribution in [0, 0.1) is 5.82 Å². The van der Waals surface area contributed by atoms with Gasteiger partial charge in [0, 0.05) is 12.6 Å². The lowest BCUT2D eigenvalue weighted by molar-refractivity contribution is 0.451. The largest absolute Gasteiger partial charge is 0.438 e. The lowest BCUT2D eigenvalue weighted by atomic mass is 10.3. The van der Waals surface area contributed by atoms with E-state index in [0.717, 1.165) is 12.2 Å². The van der Waals surface area contributed by atoms with Gasteiger partial charge < -0.3 is 10.1 Å². The summed E-state index contributed by atoms with van der Waals surface area (Å²) in [5.41, 5.74) is 0.850. The molecule has 0 amide bonds. The molecule has 5 heteroatoms. The van der Waals surface area contributed by atoms with Gasteiger partial charge in [-0.2, -0.15) is 5.10 Å². The van der Waals surface area contributed by atoms with E-state index < -0.39 is 0 Å². The third kappa shape index (κ3) is 3.49. The molecule has 0 bridgehead atoms. The smallest absolute Gasteiger partial charge is 0.238 e. The summed E-state index contributed by atoms with van der Waals surface area (Å²) in [7, 11) is 0. The molecule has 4 nitrogen and oxygen atoms in total. The summed E-state index contributed by atoms with van der Waals surface area (Å²) in [5, 5.41) is 11.1. The average Bonchev–Trinajstić information content (AvgIpc) is 2.41. The molecule has 1 aromatic heterocycles. The quantitative estimate of drug-likeness (QED) is 0.882. The second-order valence-corrected chi connectivity index (χ2v) is 3.70. The van der Waals surface area contributed by atoms with Crippen molar-refractivity contribution in [3.8, 4) is 11.6 Å². The molecule has 0 aliphatic rings. The number of nitrogens with zero attached hydrogens (tertiary/aromatic N) is 2. The van der Waals surface area contributed by atoms with Crippen LogP contribution in [-0.2, 0) is 6.54 Å². The first-order valence-electron chi connectivity index (χ1n) is 5.74. The van der Waals surface area contributed by atoms with Gasteiger partial charge in [-0.3, -0.25) is 0 Å². The topological polar surface area (TPSA) is 47.0 Å². The fraction of sp³-hybridized carbons (Fsp3) is 0.231. The van der Waals surface area contributed by atoms with Gasteiger partial charge in [-0.15, -0.1) is 5.10 Å². The fourth-order valence-corrected chi connectivity index (χ4v) is 1.37. The van der Waals surface area contributed by atoms with Crippen molar-refractivity contribution in [3.63, 3.8) is 0 Å². The van der Waals surface area contributed by atoms with Gasteiger partial charge in [0.25, 0.3) is 0 Å². The van der Waals surface area contributed by atoms with Crippen molar-refractivity contribution in [2.75, 3.05) is 6.54 Å². The second-order valence-electron chi connectivity index (χ2n) is 3.70. The summed E-state index contributed by atoms with van der Waals surface area (Å²) in [6.07, 6.45) is 0. The number of nitrogens with one attached hydrogen (secondary N) is 1. The van der Waals surface area contributed by atoms with Crippen LogP contribution in [0.15, 0.2) is 36.4 Å². The summed E-state index contributed by atoms with van der Waals surface area (Å²) in [6.45, 7) is 3.59. The number of halogens is 1. The highest BCUT2D eigenvalue weighted by Gasteiger charge is 2.00. The molecule has 18 heavy (non-hydrogen) atoms. The Morgan fingerprint density at radius 3 is 2.50 bits per heavy atom. The first-order chi connectivity index (χ1) is 8.78. The van der Waals surface area contributed by atoms with Crippen LogP contribution in [0.2, 0.25) is 0 Å². The van der Waals surface area contributed by atoms with Crippen LogP contribution in [0.3, 0.4) is 0 Å². The minimum Gasteiger partial charge on any atom is -0.438 e. The Balaban J connectivity index is 1.99. The lowest BCUT2D eigenvalue weighted by Crippen LogP contribution is -2.13. The molecule has 1 aromatic carbocycles. The molecule has 0 fully saturated rings. The molecular weight excluding hydrogens is 233 g/mol. The van der Waals surface area contributed by atoms with Gasteiger partial charge in [-0.25, -0.2) is 4.39 Å². The van der Waals surface area contributed by atoms with Crippen LogP contribution in [-0.4, -0.2) is 16.7 Å². The van der Waals surface area contributed by atoms with Gasteiger partial charge in [0.05, 0.1) is 5.69 Å². The van der Waals surface area contributed by atoms with Crippen molar-refractivity contribution in [3.05, 3.63) is 47.9 Å². The second kappa shape index (κ2) is 6.07. The number of benzene rings is 1. The zero-order valence-electron chi connectivity index (χ0n) is 10.1. The van der Waals surface area contributed by atoms with E-state index >= 15 is 0 Å². The third-order valence-corrected chi connectivity index (χ3v) is 2.29. The molecule has 1 N–H and O–H groups in total. The Bertz CT molecular complexity index is 485. The van der Waals surface area contributed by atoms with E-state index in [1.54, 1.807) is 18.2 Å². The summed E-state index contributed by atoms with van der Waals surface area (Å²) >= 11 is 0. The van der Waals surface area contributed by atoms with E-state index in [2.05, 4.69) is 15.5 Å². The highest BCUT2D eigenvalue weighted by molar-refractivity contribution is 5.26. The average molecular weight is 247 g/mol. The minimum atomic E-state index is -0.297. The first-order valence-corrected chi connectivity index (χ1v) is 5.74. The van der Waals surface area contributed by atoms with Crippen LogP contribution >= 0.6 is 0 Å². The highest BCUT2D eigenvalue weighted by Crippen LogP contribution is 2.18. The maximum atomic E-state index is 12.7. The van der Waals surface area contributed by atoms with Crippen molar-refractivity contribution < 1.29 is 9.13 Å². The first kappa shape index (κ1) is 12.4. The molecule has 0 aliphatic heterocycles. The van der Waals surface area contributed by atoms with Crippen LogP contribution in [0.4, 0.5) is 4.39 Å². The number of hydrogen-bond donors (Lipinski definition) is 1. The van der Waals surface area contributed by atoms with E-state index in [1.165, 1.54) is 12.1 Å². The molecule has 0 unspecified atom stereocenters. The Morgan fingerprint density at radius 1 is 1.11 bits per heavy atom. The fourth-order valence-electron chi connectivity index (χ4n) is 1.37. The number of hydrogen-bond acceptors (Lipinski definition) is 4. The summed E-state index contributed by atoms with van der Waals surface area (Å²) in [6, 6.07) is 9.34. The Kier molecular flexibility index (Phi) is 4.20. The van der Waals surface area contributed by atoms with Crippen molar-refractivity contribution in [2.45, 2.75) is 13.5 Å². The zero-order chi connectivity index (χ0) is 12.8. The summed E-state index contributed by atoms with van der Waals surface area (Å²) in [5.74, 6) is 0.626. The molecule has 0 saturated heterocycles. The minimum absolute atomic E-state index is 0.297. The van der Waals surface area contributed by atoms with Crippen molar-refractivity contribution >= 4 is 0 Å². The van der Waals surface area contributed by atoms with E-state index in [9.17, 15) is 4.39 Å². The molecular formula is C13H14FN3O. The molecule has 0 atom stereocenters.